The van der Waals surface area contributed by atoms with Crippen LogP contribution in [-0.2, 0) is 4.74 Å². The molecule has 0 aromatic carbocycles. The van der Waals surface area contributed by atoms with E-state index in [4.69, 9.17) is 9.47 Å². The van der Waals surface area contributed by atoms with E-state index in [1.807, 2.05) is 4.90 Å². The van der Waals surface area contributed by atoms with Crippen LogP contribution in [0.5, 0.6) is 5.88 Å². The van der Waals surface area contributed by atoms with Gasteiger partial charge in [0.25, 0.3) is 5.91 Å². The fourth-order valence-corrected chi connectivity index (χ4v) is 2.55. The zero-order valence-electron chi connectivity index (χ0n) is 11.7. The largest absolute Gasteiger partial charge is 0.474 e. The van der Waals surface area contributed by atoms with Crippen molar-refractivity contribution in [2.75, 3.05) is 20.2 Å². The Hall–Kier alpha value is -1.62. The van der Waals surface area contributed by atoms with Gasteiger partial charge in [-0.05, 0) is 31.7 Å². The molecule has 0 N–H and O–H groups in total. The third-order valence-corrected chi connectivity index (χ3v) is 4.09. The smallest absolute Gasteiger partial charge is 0.254 e. The first-order chi connectivity index (χ1) is 9.76. The third kappa shape index (κ3) is 2.77. The number of rotatable bonds is 4. The van der Waals surface area contributed by atoms with E-state index in [1.54, 1.807) is 25.4 Å². The Morgan fingerprint density at radius 1 is 1.35 bits per heavy atom. The number of ether oxygens (including phenoxy) is 2. The fraction of sp³-hybridized carbons (Fsp3) is 0.600. The molecule has 1 aromatic heterocycles. The molecule has 0 spiro atoms. The second-order valence-corrected chi connectivity index (χ2v) is 5.45. The van der Waals surface area contributed by atoms with Crippen molar-refractivity contribution in [1.82, 2.24) is 9.88 Å². The van der Waals surface area contributed by atoms with Gasteiger partial charge in [-0.3, -0.25) is 4.79 Å². The molecular weight excluding hydrogens is 256 g/mol. The van der Waals surface area contributed by atoms with Crippen molar-refractivity contribution in [2.24, 2.45) is 0 Å². The highest BCUT2D eigenvalue weighted by Gasteiger charge is 2.27. The zero-order chi connectivity index (χ0) is 13.9. The molecular formula is C15H20N2O3. The molecule has 0 radical (unpaired) electrons. The highest BCUT2D eigenvalue weighted by atomic mass is 16.5. The average molecular weight is 276 g/mol. The maximum absolute atomic E-state index is 12.4. The zero-order valence-corrected chi connectivity index (χ0v) is 11.7. The molecule has 1 saturated carbocycles. The number of pyridine rings is 1. The van der Waals surface area contributed by atoms with Gasteiger partial charge in [-0.15, -0.1) is 0 Å². The van der Waals surface area contributed by atoms with Crippen molar-refractivity contribution in [3.8, 4) is 5.88 Å². The molecule has 5 nitrogen and oxygen atoms in total. The Labute approximate surface area is 118 Å². The van der Waals surface area contributed by atoms with Gasteiger partial charge in [0.15, 0.2) is 0 Å². The highest BCUT2D eigenvalue weighted by molar-refractivity contribution is 5.94. The Bertz CT molecular complexity index is 488. The van der Waals surface area contributed by atoms with Gasteiger partial charge in [0.1, 0.15) is 6.10 Å². The summed E-state index contributed by atoms with van der Waals surface area (Å²) in [4.78, 5) is 18.4. The van der Waals surface area contributed by atoms with Gasteiger partial charge in [-0.2, -0.15) is 0 Å². The van der Waals surface area contributed by atoms with Gasteiger partial charge in [0.2, 0.25) is 5.88 Å². The quantitative estimate of drug-likeness (QED) is 0.842. The molecule has 1 aliphatic heterocycles. The van der Waals surface area contributed by atoms with Crippen LogP contribution in [0.25, 0.3) is 0 Å². The van der Waals surface area contributed by atoms with Crippen molar-refractivity contribution < 1.29 is 14.3 Å². The second-order valence-electron chi connectivity index (χ2n) is 5.45. The van der Waals surface area contributed by atoms with Crippen LogP contribution in [0.4, 0.5) is 0 Å². The summed E-state index contributed by atoms with van der Waals surface area (Å²) in [6.07, 6.45) is 6.37. The van der Waals surface area contributed by atoms with Crippen LogP contribution in [0.15, 0.2) is 18.3 Å². The van der Waals surface area contributed by atoms with E-state index in [9.17, 15) is 4.79 Å². The number of likely N-dealkylation sites (tertiary alicyclic amines) is 1. The van der Waals surface area contributed by atoms with E-state index in [0.29, 0.717) is 18.0 Å². The number of amides is 1. The SMILES string of the molecule is CO[C@H]1CCN(C(=O)c2ccnc(OC3CCC3)c2)C1. The summed E-state index contributed by atoms with van der Waals surface area (Å²) in [5, 5.41) is 0. The van der Waals surface area contributed by atoms with Crippen LogP contribution >= 0.6 is 0 Å². The molecule has 20 heavy (non-hydrogen) atoms. The van der Waals surface area contributed by atoms with E-state index in [-0.39, 0.29) is 18.1 Å². The van der Waals surface area contributed by atoms with E-state index in [2.05, 4.69) is 4.98 Å². The van der Waals surface area contributed by atoms with Crippen LogP contribution in [0.2, 0.25) is 0 Å². The molecule has 1 atom stereocenters. The molecule has 1 aromatic rings. The van der Waals surface area contributed by atoms with Crippen molar-refractivity contribution >= 4 is 5.91 Å². The number of methoxy groups -OCH3 is 1. The predicted octanol–water partition coefficient (Wildman–Crippen LogP) is 1.87. The number of carbonyl (C=O) groups excluding carboxylic acids is 1. The van der Waals surface area contributed by atoms with Crippen molar-refractivity contribution in [3.63, 3.8) is 0 Å². The summed E-state index contributed by atoms with van der Waals surface area (Å²) in [5.41, 5.74) is 0.645. The number of nitrogens with zero attached hydrogens (tertiary/aromatic N) is 2. The van der Waals surface area contributed by atoms with Crippen LogP contribution in [0.3, 0.4) is 0 Å². The fourth-order valence-electron chi connectivity index (χ4n) is 2.55. The molecule has 1 amide bonds. The van der Waals surface area contributed by atoms with E-state index < -0.39 is 0 Å². The first-order valence-electron chi connectivity index (χ1n) is 7.21. The van der Waals surface area contributed by atoms with Crippen molar-refractivity contribution in [1.29, 1.82) is 0 Å². The Balaban J connectivity index is 1.66. The molecule has 1 saturated heterocycles. The Kier molecular flexibility index (Phi) is 3.87. The number of carbonyl (C=O) groups is 1. The highest BCUT2D eigenvalue weighted by Crippen LogP contribution is 2.24. The van der Waals surface area contributed by atoms with E-state index in [0.717, 1.165) is 25.8 Å². The lowest BCUT2D eigenvalue weighted by Gasteiger charge is -2.25. The Morgan fingerprint density at radius 2 is 2.20 bits per heavy atom. The lowest BCUT2D eigenvalue weighted by Crippen LogP contribution is -2.30. The van der Waals surface area contributed by atoms with Crippen molar-refractivity contribution in [2.45, 2.75) is 37.9 Å². The number of aromatic nitrogens is 1. The predicted molar refractivity (Wildman–Crippen MR) is 73.8 cm³/mol. The topological polar surface area (TPSA) is 51.7 Å². The normalized spacial score (nSPS) is 22.6. The van der Waals surface area contributed by atoms with Gasteiger partial charge >= 0.3 is 0 Å². The minimum atomic E-state index is 0.0328. The molecule has 0 unspecified atom stereocenters. The first-order valence-corrected chi connectivity index (χ1v) is 7.21. The van der Waals surface area contributed by atoms with Crippen LogP contribution in [0, 0.1) is 0 Å². The van der Waals surface area contributed by atoms with Gasteiger partial charge in [0.05, 0.1) is 6.10 Å². The van der Waals surface area contributed by atoms with Crippen LogP contribution in [-0.4, -0.2) is 48.2 Å². The molecule has 1 aliphatic carbocycles. The van der Waals surface area contributed by atoms with E-state index in [1.165, 1.54) is 6.42 Å². The summed E-state index contributed by atoms with van der Waals surface area (Å²) in [6, 6.07) is 3.50. The van der Waals surface area contributed by atoms with Gasteiger partial charge in [-0.1, -0.05) is 0 Å². The third-order valence-electron chi connectivity index (χ3n) is 4.09. The summed E-state index contributed by atoms with van der Waals surface area (Å²) >= 11 is 0. The van der Waals surface area contributed by atoms with Crippen molar-refractivity contribution in [3.05, 3.63) is 23.9 Å². The van der Waals surface area contributed by atoms with Gasteiger partial charge < -0.3 is 14.4 Å². The maximum atomic E-state index is 12.4. The standard InChI is InChI=1S/C15H20N2O3/c1-19-13-6-8-17(10-13)15(18)11-5-7-16-14(9-11)20-12-3-2-4-12/h5,7,9,12-13H,2-4,6,8,10H2,1H3/t13-/m0/s1. The van der Waals surface area contributed by atoms with Gasteiger partial charge in [0, 0.05) is 38.0 Å². The van der Waals surface area contributed by atoms with Crippen LogP contribution in [0.1, 0.15) is 36.0 Å². The lowest BCUT2D eigenvalue weighted by molar-refractivity contribution is 0.0722. The molecule has 2 heterocycles. The second kappa shape index (κ2) is 5.79. The molecule has 0 bridgehead atoms. The first kappa shape index (κ1) is 13.4. The molecule has 2 aliphatic rings. The van der Waals surface area contributed by atoms with Gasteiger partial charge in [-0.25, -0.2) is 4.98 Å². The summed E-state index contributed by atoms with van der Waals surface area (Å²) < 4.78 is 11.0. The Morgan fingerprint density at radius 3 is 2.85 bits per heavy atom. The number of hydrogen-bond donors (Lipinski definition) is 0. The summed E-state index contributed by atoms with van der Waals surface area (Å²) in [6.45, 7) is 1.41. The average Bonchev–Trinajstić information content (AvgIpc) is 2.91. The minimum Gasteiger partial charge on any atom is -0.474 e. The molecule has 5 heteroatoms. The minimum absolute atomic E-state index is 0.0328. The molecule has 2 fully saturated rings. The monoisotopic (exact) mass is 276 g/mol. The summed E-state index contributed by atoms with van der Waals surface area (Å²) in [5.74, 6) is 0.591. The lowest BCUT2D eigenvalue weighted by atomic mass is 9.96. The van der Waals surface area contributed by atoms with E-state index >= 15 is 0 Å². The number of hydrogen-bond acceptors (Lipinski definition) is 4. The molecule has 108 valence electrons. The molecule has 3 rings (SSSR count). The summed E-state index contributed by atoms with van der Waals surface area (Å²) in [7, 11) is 1.69. The maximum Gasteiger partial charge on any atom is 0.254 e. The van der Waals surface area contributed by atoms with Crippen LogP contribution < -0.4 is 4.74 Å².